The van der Waals surface area contributed by atoms with Crippen LogP contribution in [0.3, 0.4) is 0 Å². The molecular weight excluding hydrogens is 194 g/mol. The Morgan fingerprint density at radius 1 is 1.43 bits per heavy atom. The highest BCUT2D eigenvalue weighted by molar-refractivity contribution is 7.07. The lowest BCUT2D eigenvalue weighted by atomic mass is 10.1. The van der Waals surface area contributed by atoms with Crippen molar-refractivity contribution in [3.63, 3.8) is 0 Å². The molecule has 2 heterocycles. The van der Waals surface area contributed by atoms with E-state index in [1.807, 2.05) is 0 Å². The molecule has 0 spiro atoms. The molecule has 0 radical (unpaired) electrons. The van der Waals surface area contributed by atoms with E-state index in [1.165, 1.54) is 18.4 Å². The second-order valence-corrected chi connectivity index (χ2v) is 4.48. The minimum Gasteiger partial charge on any atom is -0.378 e. The third-order valence-corrected chi connectivity index (χ3v) is 3.34. The Bertz CT molecular complexity index is 242. The molecule has 1 N–H and O–H groups in total. The van der Waals surface area contributed by atoms with Crippen molar-refractivity contribution < 1.29 is 4.74 Å². The highest BCUT2D eigenvalue weighted by Crippen LogP contribution is 2.10. The average Bonchev–Trinajstić information content (AvgIpc) is 2.72. The van der Waals surface area contributed by atoms with Crippen LogP contribution in [-0.2, 0) is 11.2 Å². The Hall–Kier alpha value is -0.380. The summed E-state index contributed by atoms with van der Waals surface area (Å²) in [6.45, 7) is 3.10. The van der Waals surface area contributed by atoms with Gasteiger partial charge in [0.1, 0.15) is 0 Å². The Labute approximate surface area is 89.3 Å². The SMILES string of the molecule is c1cc(CCOC2CCNCC2)cs1. The van der Waals surface area contributed by atoms with Gasteiger partial charge < -0.3 is 10.1 Å². The third-order valence-electron chi connectivity index (χ3n) is 2.61. The molecule has 0 aliphatic carbocycles. The van der Waals surface area contributed by atoms with Crippen molar-refractivity contribution in [2.24, 2.45) is 0 Å². The fourth-order valence-corrected chi connectivity index (χ4v) is 2.44. The van der Waals surface area contributed by atoms with Crippen LogP contribution in [0.25, 0.3) is 0 Å². The molecule has 1 aliphatic rings. The summed E-state index contributed by atoms with van der Waals surface area (Å²) in [6, 6.07) is 2.18. The molecular formula is C11H17NOS. The number of hydrogen-bond donors (Lipinski definition) is 1. The molecule has 14 heavy (non-hydrogen) atoms. The zero-order valence-electron chi connectivity index (χ0n) is 8.37. The smallest absolute Gasteiger partial charge is 0.0599 e. The number of piperidine rings is 1. The molecule has 0 atom stereocenters. The first-order valence-corrected chi connectivity index (χ1v) is 6.23. The van der Waals surface area contributed by atoms with Crippen molar-refractivity contribution in [1.82, 2.24) is 5.32 Å². The minimum atomic E-state index is 0.495. The topological polar surface area (TPSA) is 21.3 Å². The summed E-state index contributed by atoms with van der Waals surface area (Å²) in [5, 5.41) is 7.67. The third kappa shape index (κ3) is 3.08. The summed E-state index contributed by atoms with van der Waals surface area (Å²) < 4.78 is 5.82. The van der Waals surface area contributed by atoms with Crippen molar-refractivity contribution in [3.05, 3.63) is 22.4 Å². The summed E-state index contributed by atoms with van der Waals surface area (Å²) in [4.78, 5) is 0. The summed E-state index contributed by atoms with van der Waals surface area (Å²) >= 11 is 1.76. The molecule has 1 aromatic heterocycles. The fraction of sp³-hybridized carbons (Fsp3) is 0.636. The van der Waals surface area contributed by atoms with E-state index in [9.17, 15) is 0 Å². The minimum absolute atomic E-state index is 0.495. The molecule has 1 fully saturated rings. The molecule has 1 aliphatic heterocycles. The Morgan fingerprint density at radius 2 is 2.29 bits per heavy atom. The fourth-order valence-electron chi connectivity index (χ4n) is 1.74. The van der Waals surface area contributed by atoms with Gasteiger partial charge in [-0.3, -0.25) is 0 Å². The zero-order chi connectivity index (χ0) is 9.64. The van der Waals surface area contributed by atoms with E-state index in [0.29, 0.717) is 6.10 Å². The highest BCUT2D eigenvalue weighted by Gasteiger charge is 2.12. The molecule has 78 valence electrons. The van der Waals surface area contributed by atoms with Crippen LogP contribution in [0, 0.1) is 0 Å². The van der Waals surface area contributed by atoms with E-state index in [1.54, 1.807) is 11.3 Å². The van der Waals surface area contributed by atoms with Gasteiger partial charge in [0.05, 0.1) is 12.7 Å². The van der Waals surface area contributed by atoms with Crippen LogP contribution in [0.2, 0.25) is 0 Å². The molecule has 0 bridgehead atoms. The number of hydrogen-bond acceptors (Lipinski definition) is 3. The van der Waals surface area contributed by atoms with Gasteiger partial charge in [-0.2, -0.15) is 11.3 Å². The number of nitrogens with one attached hydrogen (secondary N) is 1. The van der Waals surface area contributed by atoms with Gasteiger partial charge in [-0.1, -0.05) is 0 Å². The van der Waals surface area contributed by atoms with Gasteiger partial charge in [0, 0.05) is 0 Å². The quantitative estimate of drug-likeness (QED) is 0.823. The first kappa shape index (κ1) is 10.1. The van der Waals surface area contributed by atoms with E-state index >= 15 is 0 Å². The lowest BCUT2D eigenvalue weighted by molar-refractivity contribution is 0.0349. The second-order valence-electron chi connectivity index (χ2n) is 3.70. The van der Waals surface area contributed by atoms with Crippen LogP contribution in [0.1, 0.15) is 18.4 Å². The predicted octanol–water partition coefficient (Wildman–Crippen LogP) is 2.06. The van der Waals surface area contributed by atoms with Gasteiger partial charge in [-0.25, -0.2) is 0 Å². The number of ether oxygens (including phenoxy) is 1. The molecule has 2 nitrogen and oxygen atoms in total. The molecule has 2 rings (SSSR count). The van der Waals surface area contributed by atoms with Crippen LogP contribution >= 0.6 is 11.3 Å². The van der Waals surface area contributed by atoms with Crippen LogP contribution in [-0.4, -0.2) is 25.8 Å². The van der Waals surface area contributed by atoms with Gasteiger partial charge in [-0.15, -0.1) is 0 Å². The Morgan fingerprint density at radius 3 is 3.00 bits per heavy atom. The van der Waals surface area contributed by atoms with Gasteiger partial charge >= 0.3 is 0 Å². The number of thiophene rings is 1. The lowest BCUT2D eigenvalue weighted by Gasteiger charge is -2.22. The standard InChI is InChI=1S/C11H17NOS/c1-5-12-6-2-11(1)13-7-3-10-4-8-14-9-10/h4,8-9,11-12H,1-3,5-7H2. The van der Waals surface area contributed by atoms with Gasteiger partial charge in [-0.05, 0) is 54.7 Å². The number of rotatable bonds is 4. The summed E-state index contributed by atoms with van der Waals surface area (Å²) in [5.74, 6) is 0. The van der Waals surface area contributed by atoms with Crippen LogP contribution in [0.5, 0.6) is 0 Å². The largest absolute Gasteiger partial charge is 0.378 e. The van der Waals surface area contributed by atoms with E-state index in [0.717, 1.165) is 26.1 Å². The highest BCUT2D eigenvalue weighted by atomic mass is 32.1. The molecule has 0 amide bonds. The lowest BCUT2D eigenvalue weighted by Crippen LogP contribution is -2.32. The van der Waals surface area contributed by atoms with Crippen molar-refractivity contribution >= 4 is 11.3 Å². The normalized spacial score (nSPS) is 18.6. The van der Waals surface area contributed by atoms with Gasteiger partial charge in [0.25, 0.3) is 0 Å². The van der Waals surface area contributed by atoms with E-state index in [4.69, 9.17) is 4.74 Å². The molecule has 0 unspecified atom stereocenters. The van der Waals surface area contributed by atoms with Gasteiger partial charge in [0.2, 0.25) is 0 Å². The second kappa shape index (κ2) is 5.49. The maximum absolute atomic E-state index is 5.82. The average molecular weight is 211 g/mol. The van der Waals surface area contributed by atoms with Crippen LogP contribution in [0.15, 0.2) is 16.8 Å². The molecule has 0 saturated carbocycles. The monoisotopic (exact) mass is 211 g/mol. The van der Waals surface area contributed by atoms with Crippen molar-refractivity contribution in [3.8, 4) is 0 Å². The maximum Gasteiger partial charge on any atom is 0.0599 e. The Kier molecular flexibility index (Phi) is 3.98. The first-order chi connectivity index (χ1) is 6.95. The van der Waals surface area contributed by atoms with Crippen molar-refractivity contribution in [2.75, 3.05) is 19.7 Å². The zero-order valence-corrected chi connectivity index (χ0v) is 9.19. The summed E-state index contributed by atoms with van der Waals surface area (Å²) in [7, 11) is 0. The summed E-state index contributed by atoms with van der Waals surface area (Å²) in [6.07, 6.45) is 3.90. The molecule has 1 aromatic rings. The molecule has 1 saturated heterocycles. The molecule has 0 aromatic carbocycles. The van der Waals surface area contributed by atoms with Crippen LogP contribution < -0.4 is 5.32 Å². The maximum atomic E-state index is 5.82. The van der Waals surface area contributed by atoms with Gasteiger partial charge in [0.15, 0.2) is 0 Å². The van der Waals surface area contributed by atoms with E-state index < -0.39 is 0 Å². The van der Waals surface area contributed by atoms with Crippen molar-refractivity contribution in [1.29, 1.82) is 0 Å². The van der Waals surface area contributed by atoms with E-state index in [2.05, 4.69) is 22.1 Å². The van der Waals surface area contributed by atoms with Crippen LogP contribution in [0.4, 0.5) is 0 Å². The summed E-state index contributed by atoms with van der Waals surface area (Å²) in [5.41, 5.74) is 1.41. The Balaban J connectivity index is 1.62. The first-order valence-electron chi connectivity index (χ1n) is 5.28. The predicted molar refractivity (Wildman–Crippen MR) is 59.9 cm³/mol. The van der Waals surface area contributed by atoms with Crippen molar-refractivity contribution in [2.45, 2.75) is 25.4 Å². The van der Waals surface area contributed by atoms with E-state index in [-0.39, 0.29) is 0 Å². The molecule has 3 heteroatoms.